The Kier molecular flexibility index (Phi) is 5.06. The van der Waals surface area contributed by atoms with E-state index in [-0.39, 0.29) is 0 Å². The van der Waals surface area contributed by atoms with Crippen LogP contribution in [0.5, 0.6) is 0 Å². The predicted molar refractivity (Wildman–Crippen MR) is 57.5 cm³/mol. The van der Waals surface area contributed by atoms with E-state index in [0.717, 1.165) is 18.7 Å². The van der Waals surface area contributed by atoms with Crippen molar-refractivity contribution in [2.24, 2.45) is 5.92 Å². The molecular formula is C11H22N2. The second-order valence-corrected chi connectivity index (χ2v) is 4.13. The average molecular weight is 182 g/mol. The van der Waals surface area contributed by atoms with E-state index in [1.165, 1.54) is 38.6 Å². The highest BCUT2D eigenvalue weighted by Gasteiger charge is 2.08. The van der Waals surface area contributed by atoms with Crippen molar-refractivity contribution in [3.05, 3.63) is 0 Å². The van der Waals surface area contributed by atoms with Crippen LogP contribution in [-0.2, 0) is 0 Å². The second-order valence-electron chi connectivity index (χ2n) is 4.13. The molecule has 2 heteroatoms. The summed E-state index contributed by atoms with van der Waals surface area (Å²) >= 11 is 0. The first-order chi connectivity index (χ1) is 6.30. The molecule has 1 unspecified atom stereocenters. The first kappa shape index (κ1) is 10.7. The van der Waals surface area contributed by atoms with Gasteiger partial charge in [0.15, 0.2) is 0 Å². The van der Waals surface area contributed by atoms with Gasteiger partial charge in [0, 0.05) is 5.71 Å². The minimum atomic E-state index is 0.514. The van der Waals surface area contributed by atoms with Gasteiger partial charge < -0.3 is 10.7 Å². The molecule has 0 aliphatic carbocycles. The summed E-state index contributed by atoms with van der Waals surface area (Å²) < 4.78 is 0. The molecule has 0 amide bonds. The summed E-state index contributed by atoms with van der Waals surface area (Å²) in [6.45, 7) is 4.50. The van der Waals surface area contributed by atoms with E-state index in [1.807, 2.05) is 0 Å². The van der Waals surface area contributed by atoms with E-state index >= 15 is 0 Å². The van der Waals surface area contributed by atoms with Crippen LogP contribution in [0.1, 0.15) is 45.4 Å². The van der Waals surface area contributed by atoms with E-state index in [4.69, 9.17) is 5.41 Å². The molecule has 0 aromatic rings. The summed E-state index contributed by atoms with van der Waals surface area (Å²) in [6, 6.07) is 0. The minimum absolute atomic E-state index is 0.514. The van der Waals surface area contributed by atoms with Crippen molar-refractivity contribution in [3.63, 3.8) is 0 Å². The third kappa shape index (κ3) is 4.41. The first-order valence-electron chi connectivity index (χ1n) is 5.58. The number of hydrogen-bond donors (Lipinski definition) is 2. The van der Waals surface area contributed by atoms with Crippen molar-refractivity contribution in [3.8, 4) is 0 Å². The van der Waals surface area contributed by atoms with Gasteiger partial charge in [0.1, 0.15) is 0 Å². The zero-order valence-electron chi connectivity index (χ0n) is 8.73. The maximum Gasteiger partial charge on any atom is 0.0117 e. The highest BCUT2D eigenvalue weighted by molar-refractivity contribution is 5.83. The topological polar surface area (TPSA) is 35.9 Å². The van der Waals surface area contributed by atoms with Gasteiger partial charge in [-0.1, -0.05) is 13.3 Å². The van der Waals surface area contributed by atoms with E-state index in [0.29, 0.717) is 5.92 Å². The Morgan fingerprint density at radius 3 is 2.77 bits per heavy atom. The van der Waals surface area contributed by atoms with Crippen LogP contribution in [0.25, 0.3) is 0 Å². The highest BCUT2D eigenvalue weighted by Crippen LogP contribution is 2.12. The largest absolute Gasteiger partial charge is 0.317 e. The van der Waals surface area contributed by atoms with Crippen molar-refractivity contribution in [1.29, 1.82) is 5.41 Å². The molecule has 2 N–H and O–H groups in total. The van der Waals surface area contributed by atoms with Gasteiger partial charge in [0.25, 0.3) is 0 Å². The van der Waals surface area contributed by atoms with Crippen molar-refractivity contribution in [1.82, 2.24) is 5.32 Å². The lowest BCUT2D eigenvalue weighted by atomic mass is 9.96. The summed E-state index contributed by atoms with van der Waals surface area (Å²) in [5.74, 6) is 0.514. The van der Waals surface area contributed by atoms with E-state index in [2.05, 4.69) is 12.2 Å². The van der Waals surface area contributed by atoms with Crippen LogP contribution in [0, 0.1) is 11.3 Å². The molecule has 0 aromatic carbocycles. The Morgan fingerprint density at radius 1 is 1.15 bits per heavy atom. The summed E-state index contributed by atoms with van der Waals surface area (Å²) in [6.07, 6.45) is 7.21. The molecule has 1 fully saturated rings. The fourth-order valence-corrected chi connectivity index (χ4v) is 1.82. The molecule has 13 heavy (non-hydrogen) atoms. The molecule has 1 aliphatic heterocycles. The fraction of sp³-hybridized carbons (Fsp3) is 0.909. The Bertz CT molecular complexity index is 154. The molecule has 1 saturated heterocycles. The van der Waals surface area contributed by atoms with Gasteiger partial charge in [-0.05, 0) is 51.1 Å². The zero-order valence-corrected chi connectivity index (χ0v) is 8.73. The van der Waals surface area contributed by atoms with Crippen LogP contribution in [0.3, 0.4) is 0 Å². The van der Waals surface area contributed by atoms with Gasteiger partial charge in [-0.2, -0.15) is 0 Å². The van der Waals surface area contributed by atoms with E-state index in [1.54, 1.807) is 0 Å². The van der Waals surface area contributed by atoms with Gasteiger partial charge in [-0.15, -0.1) is 0 Å². The third-order valence-electron chi connectivity index (χ3n) is 2.89. The van der Waals surface area contributed by atoms with Gasteiger partial charge in [0.05, 0.1) is 0 Å². The monoisotopic (exact) mass is 182 g/mol. The van der Waals surface area contributed by atoms with Gasteiger partial charge >= 0.3 is 0 Å². The summed E-state index contributed by atoms with van der Waals surface area (Å²) in [5, 5.41) is 11.3. The highest BCUT2D eigenvalue weighted by atomic mass is 14.8. The molecule has 2 nitrogen and oxygen atoms in total. The smallest absolute Gasteiger partial charge is 0.0117 e. The average Bonchev–Trinajstić information content (AvgIpc) is 2.16. The van der Waals surface area contributed by atoms with Gasteiger partial charge in [-0.25, -0.2) is 0 Å². The van der Waals surface area contributed by atoms with Gasteiger partial charge in [0.2, 0.25) is 0 Å². The minimum Gasteiger partial charge on any atom is -0.317 e. The van der Waals surface area contributed by atoms with Gasteiger partial charge in [-0.3, -0.25) is 0 Å². The maximum atomic E-state index is 7.85. The van der Waals surface area contributed by atoms with E-state index < -0.39 is 0 Å². The zero-order chi connectivity index (χ0) is 9.52. The predicted octanol–water partition coefficient (Wildman–Crippen LogP) is 2.59. The molecule has 0 aromatic heterocycles. The quantitative estimate of drug-likeness (QED) is 0.593. The van der Waals surface area contributed by atoms with Crippen LogP contribution in [0.4, 0.5) is 0 Å². The van der Waals surface area contributed by atoms with Crippen LogP contribution >= 0.6 is 0 Å². The summed E-state index contributed by atoms with van der Waals surface area (Å²) in [7, 11) is 0. The van der Waals surface area contributed by atoms with Crippen LogP contribution in [-0.4, -0.2) is 18.8 Å². The number of rotatable bonds is 0. The van der Waals surface area contributed by atoms with E-state index in [9.17, 15) is 0 Å². The molecular weight excluding hydrogens is 160 g/mol. The molecule has 0 bridgehead atoms. The normalized spacial score (nSPS) is 28.1. The summed E-state index contributed by atoms with van der Waals surface area (Å²) in [5.41, 5.74) is 0.974. The Balaban J connectivity index is 2.31. The summed E-state index contributed by atoms with van der Waals surface area (Å²) in [4.78, 5) is 0. The van der Waals surface area contributed by atoms with Crippen LogP contribution in [0.15, 0.2) is 0 Å². The standard InChI is InChI=1S/C11H22N2/c1-10-6-5-9-13-8-4-2-3-7-11(10)12/h10,12-13H,2-9H2,1H3. The molecule has 1 rings (SSSR count). The molecule has 0 saturated carbocycles. The van der Waals surface area contributed by atoms with Crippen molar-refractivity contribution >= 4 is 5.71 Å². The van der Waals surface area contributed by atoms with Crippen LogP contribution in [0.2, 0.25) is 0 Å². The SMILES string of the molecule is CC1CCCNCCCCCC1=N. The molecule has 0 spiro atoms. The molecule has 1 aliphatic rings. The Labute approximate surface area is 81.6 Å². The van der Waals surface area contributed by atoms with Crippen molar-refractivity contribution in [2.45, 2.75) is 45.4 Å². The lowest BCUT2D eigenvalue weighted by Crippen LogP contribution is -2.17. The molecule has 1 atom stereocenters. The number of hydrogen-bond acceptors (Lipinski definition) is 2. The molecule has 0 radical (unpaired) electrons. The lowest BCUT2D eigenvalue weighted by Gasteiger charge is -2.11. The third-order valence-corrected chi connectivity index (χ3v) is 2.89. The molecule has 1 heterocycles. The Hall–Kier alpha value is -0.370. The maximum absolute atomic E-state index is 7.85. The van der Waals surface area contributed by atoms with Crippen molar-refractivity contribution < 1.29 is 0 Å². The van der Waals surface area contributed by atoms with Crippen molar-refractivity contribution in [2.75, 3.05) is 13.1 Å². The second kappa shape index (κ2) is 6.14. The molecule has 76 valence electrons. The first-order valence-corrected chi connectivity index (χ1v) is 5.58. The fourth-order valence-electron chi connectivity index (χ4n) is 1.82. The number of nitrogens with one attached hydrogen (secondary N) is 2. The van der Waals surface area contributed by atoms with Crippen LogP contribution < -0.4 is 5.32 Å². The Morgan fingerprint density at radius 2 is 1.92 bits per heavy atom. The lowest BCUT2D eigenvalue weighted by molar-refractivity contribution is 0.569.